The molecule has 3 unspecified atom stereocenters. The normalized spacial score (nSPS) is 22.0. The maximum Gasteiger partial charge on any atom is 0.407 e. The Morgan fingerprint density at radius 2 is 1.48 bits per heavy atom. The second-order valence-corrected chi connectivity index (χ2v) is 10.9. The third kappa shape index (κ3) is 4.95. The van der Waals surface area contributed by atoms with Crippen LogP contribution in [-0.4, -0.2) is 59.8 Å². The molecule has 6 rings (SSSR count). The van der Waals surface area contributed by atoms with Crippen molar-refractivity contribution in [2.75, 3.05) is 19.7 Å². The molecule has 0 aromatic heterocycles. The molecule has 1 saturated carbocycles. The molecular weight excluding hydrogens is 508 g/mol. The van der Waals surface area contributed by atoms with Gasteiger partial charge in [-0.25, -0.2) is 4.79 Å². The van der Waals surface area contributed by atoms with Crippen molar-refractivity contribution in [3.8, 4) is 11.1 Å². The summed E-state index contributed by atoms with van der Waals surface area (Å²) in [6.07, 6.45) is -1.33. The highest BCUT2D eigenvalue weighted by atomic mass is 16.5. The topological polar surface area (TPSA) is 105 Å². The van der Waals surface area contributed by atoms with Crippen molar-refractivity contribution in [1.82, 2.24) is 10.2 Å². The average molecular weight is 541 g/mol. The van der Waals surface area contributed by atoms with Gasteiger partial charge in [0.25, 0.3) is 0 Å². The summed E-state index contributed by atoms with van der Waals surface area (Å²) in [5.74, 6) is -1.64. The Balaban J connectivity index is 1.13. The van der Waals surface area contributed by atoms with Crippen LogP contribution in [0.15, 0.2) is 78.9 Å². The minimum Gasteiger partial charge on any atom is -0.481 e. The molecule has 2 fully saturated rings. The van der Waals surface area contributed by atoms with E-state index < -0.39 is 24.2 Å². The monoisotopic (exact) mass is 540 g/mol. The third-order valence-electron chi connectivity index (χ3n) is 8.50. The highest BCUT2D eigenvalue weighted by Gasteiger charge is 2.61. The van der Waals surface area contributed by atoms with E-state index in [2.05, 4.69) is 29.6 Å². The minimum atomic E-state index is -0.972. The van der Waals surface area contributed by atoms with Crippen LogP contribution in [-0.2, 0) is 25.7 Å². The van der Waals surface area contributed by atoms with Gasteiger partial charge in [0.05, 0.1) is 18.6 Å². The highest BCUT2D eigenvalue weighted by molar-refractivity contribution is 5.87. The first-order valence-electron chi connectivity index (χ1n) is 13.7. The first-order valence-corrected chi connectivity index (χ1v) is 13.7. The molecule has 1 saturated heterocycles. The second-order valence-electron chi connectivity index (χ2n) is 10.9. The molecule has 2 aliphatic carbocycles. The van der Waals surface area contributed by atoms with Gasteiger partial charge in [-0.1, -0.05) is 78.9 Å². The second kappa shape index (κ2) is 10.8. The maximum absolute atomic E-state index is 13.6. The zero-order chi connectivity index (χ0) is 27.8. The number of likely N-dealkylation sites (tertiary alicyclic amines) is 1. The van der Waals surface area contributed by atoms with Gasteiger partial charge in [0.1, 0.15) is 12.6 Å². The van der Waals surface area contributed by atoms with Gasteiger partial charge in [-0.15, -0.1) is 0 Å². The molecule has 0 radical (unpaired) electrons. The van der Waals surface area contributed by atoms with E-state index >= 15 is 0 Å². The van der Waals surface area contributed by atoms with Crippen LogP contribution in [0.5, 0.6) is 0 Å². The number of carboxylic acid groups (broad SMARTS) is 1. The number of fused-ring (bicyclic) bond motifs is 4. The molecule has 40 heavy (non-hydrogen) atoms. The zero-order valence-electron chi connectivity index (χ0n) is 22.2. The first-order chi connectivity index (χ1) is 19.4. The van der Waals surface area contributed by atoms with Gasteiger partial charge in [0, 0.05) is 19.0 Å². The quantitative estimate of drug-likeness (QED) is 0.420. The number of aliphatic carboxylic acids is 1. The van der Waals surface area contributed by atoms with E-state index in [9.17, 15) is 19.5 Å². The molecule has 3 aliphatic rings. The Morgan fingerprint density at radius 1 is 0.900 bits per heavy atom. The van der Waals surface area contributed by atoms with Gasteiger partial charge in [0.2, 0.25) is 5.91 Å². The molecule has 0 spiro atoms. The van der Waals surface area contributed by atoms with Crippen molar-refractivity contribution in [3.63, 3.8) is 0 Å². The number of hydrogen-bond acceptors (Lipinski definition) is 5. The molecule has 3 aromatic rings. The smallest absolute Gasteiger partial charge is 0.407 e. The van der Waals surface area contributed by atoms with Crippen molar-refractivity contribution in [1.29, 1.82) is 0 Å². The molecule has 206 valence electrons. The van der Waals surface area contributed by atoms with Crippen molar-refractivity contribution >= 4 is 18.0 Å². The van der Waals surface area contributed by atoms with E-state index in [4.69, 9.17) is 9.47 Å². The maximum atomic E-state index is 13.6. The Bertz CT molecular complexity index is 1370. The predicted octanol–water partition coefficient (Wildman–Crippen LogP) is 4.29. The lowest BCUT2D eigenvalue weighted by molar-refractivity contribution is -0.142. The number of carboxylic acids is 1. The van der Waals surface area contributed by atoms with E-state index in [1.165, 1.54) is 0 Å². The summed E-state index contributed by atoms with van der Waals surface area (Å²) in [5.41, 5.74) is 5.43. The molecule has 3 aromatic carbocycles. The summed E-state index contributed by atoms with van der Waals surface area (Å²) in [5, 5.41) is 12.1. The first kappa shape index (κ1) is 26.1. The number of alkyl carbamates (subject to hydrolysis) is 1. The van der Waals surface area contributed by atoms with Gasteiger partial charge in [-0.2, -0.15) is 0 Å². The number of ether oxygens (including phenoxy) is 2. The van der Waals surface area contributed by atoms with Crippen LogP contribution in [0.25, 0.3) is 11.1 Å². The number of hydrogen-bond donors (Lipinski definition) is 2. The number of piperidine rings is 1. The minimum absolute atomic E-state index is 0.0305. The van der Waals surface area contributed by atoms with E-state index in [0.29, 0.717) is 13.1 Å². The van der Waals surface area contributed by atoms with Crippen LogP contribution < -0.4 is 5.32 Å². The highest BCUT2D eigenvalue weighted by Crippen LogP contribution is 2.52. The SMILES string of the molecule is CC(OCc1ccccc1)C(NC(=O)OCC1c2ccccc2-c2ccccc21)C(=O)N1C[C@@H]2C(C(=O)O)[C@@H]2C1. The van der Waals surface area contributed by atoms with E-state index in [-0.39, 0.29) is 42.8 Å². The van der Waals surface area contributed by atoms with Crippen molar-refractivity contribution in [2.45, 2.75) is 31.6 Å². The summed E-state index contributed by atoms with van der Waals surface area (Å²) in [4.78, 5) is 39.7. The lowest BCUT2D eigenvalue weighted by Crippen LogP contribution is -2.54. The Labute approximate surface area is 232 Å². The van der Waals surface area contributed by atoms with Crippen LogP contribution in [0.4, 0.5) is 4.79 Å². The summed E-state index contributed by atoms with van der Waals surface area (Å²) in [6.45, 7) is 2.91. The van der Waals surface area contributed by atoms with E-state index in [1.54, 1.807) is 11.8 Å². The van der Waals surface area contributed by atoms with Crippen molar-refractivity contribution in [3.05, 3.63) is 95.6 Å². The summed E-state index contributed by atoms with van der Waals surface area (Å²) >= 11 is 0. The Hall–Kier alpha value is -4.17. The number of carbonyl (C=O) groups is 3. The molecule has 8 heteroatoms. The molecule has 0 bridgehead atoms. The van der Waals surface area contributed by atoms with Gasteiger partial charge in [0.15, 0.2) is 0 Å². The van der Waals surface area contributed by atoms with Crippen molar-refractivity contribution in [2.24, 2.45) is 17.8 Å². The molecule has 5 atom stereocenters. The average Bonchev–Trinajstić information content (AvgIpc) is 3.32. The predicted molar refractivity (Wildman–Crippen MR) is 147 cm³/mol. The molecule has 2 amide bonds. The number of nitrogens with zero attached hydrogens (tertiary/aromatic N) is 1. The van der Waals surface area contributed by atoms with Gasteiger partial charge in [-0.3, -0.25) is 9.59 Å². The number of carbonyl (C=O) groups excluding carboxylic acids is 2. The van der Waals surface area contributed by atoms with Crippen molar-refractivity contribution < 1.29 is 29.0 Å². The number of benzene rings is 3. The van der Waals surface area contributed by atoms with Crippen LogP contribution in [0, 0.1) is 17.8 Å². The lowest BCUT2D eigenvalue weighted by Gasteiger charge is -2.29. The fourth-order valence-electron chi connectivity index (χ4n) is 6.31. The van der Waals surface area contributed by atoms with Crippen LogP contribution in [0.3, 0.4) is 0 Å². The fourth-order valence-corrected chi connectivity index (χ4v) is 6.31. The van der Waals surface area contributed by atoms with Crippen LogP contribution in [0.1, 0.15) is 29.5 Å². The molecule has 2 N–H and O–H groups in total. The number of amides is 2. The standard InChI is InChI=1S/C32H32N2O6/c1-19(39-17-20-9-3-2-4-10-20)29(30(35)34-15-25-26(16-34)28(25)31(36)37)33-32(38)40-18-27-23-13-7-5-11-21(23)22-12-6-8-14-24(22)27/h2-14,19,25-29H,15-18H2,1H3,(H,33,38)(H,36,37)/t19?,25-,26+,28?,29?. The van der Waals surface area contributed by atoms with Crippen LogP contribution >= 0.6 is 0 Å². The van der Waals surface area contributed by atoms with E-state index in [0.717, 1.165) is 27.8 Å². The molecule has 1 heterocycles. The largest absolute Gasteiger partial charge is 0.481 e. The summed E-state index contributed by atoms with van der Waals surface area (Å²) in [6, 6.07) is 24.8. The Morgan fingerprint density at radius 3 is 2.08 bits per heavy atom. The number of rotatable bonds is 9. The van der Waals surface area contributed by atoms with Gasteiger partial charge < -0.3 is 24.8 Å². The Kier molecular flexibility index (Phi) is 7.02. The van der Waals surface area contributed by atoms with Crippen LogP contribution in [0.2, 0.25) is 0 Å². The number of nitrogens with one attached hydrogen (secondary N) is 1. The summed E-state index contributed by atoms with van der Waals surface area (Å²) in [7, 11) is 0. The van der Waals surface area contributed by atoms with Gasteiger partial charge >= 0.3 is 12.1 Å². The molecular formula is C32H32N2O6. The lowest BCUT2D eigenvalue weighted by atomic mass is 9.98. The molecule has 8 nitrogen and oxygen atoms in total. The molecule has 1 aliphatic heterocycles. The van der Waals surface area contributed by atoms with Gasteiger partial charge in [-0.05, 0) is 46.6 Å². The third-order valence-corrected chi connectivity index (χ3v) is 8.50. The van der Waals surface area contributed by atoms with E-state index in [1.807, 2.05) is 54.6 Å². The fraction of sp³-hybridized carbons (Fsp3) is 0.344. The zero-order valence-corrected chi connectivity index (χ0v) is 22.2. The summed E-state index contributed by atoms with van der Waals surface area (Å²) < 4.78 is 11.7.